The standard InChI is InChI=1S/C21H32N2O3/c1-6-8-14-25-20-16-18(3)21(19(4)17-20)26-15-10-9-12-23(7-2)13-11-22-24-5/h6,8-11,16-17H,7,12-15H2,1-5H3/b8-6+,10-9+,22-11+. The highest BCUT2D eigenvalue weighted by atomic mass is 16.6. The van der Waals surface area contributed by atoms with Crippen molar-refractivity contribution in [3.63, 3.8) is 0 Å². The van der Waals surface area contributed by atoms with E-state index < -0.39 is 0 Å². The molecule has 26 heavy (non-hydrogen) atoms. The van der Waals surface area contributed by atoms with E-state index in [9.17, 15) is 0 Å². The molecule has 0 aliphatic rings. The second kappa shape index (κ2) is 13.0. The molecular weight excluding hydrogens is 328 g/mol. The number of hydrogen-bond donors (Lipinski definition) is 0. The summed E-state index contributed by atoms with van der Waals surface area (Å²) in [4.78, 5) is 6.92. The molecular formula is C21H32N2O3. The average molecular weight is 360 g/mol. The zero-order valence-electron chi connectivity index (χ0n) is 16.7. The molecule has 0 aromatic heterocycles. The topological polar surface area (TPSA) is 43.3 Å². The summed E-state index contributed by atoms with van der Waals surface area (Å²) in [7, 11) is 1.55. The van der Waals surface area contributed by atoms with E-state index in [0.717, 1.165) is 42.3 Å². The van der Waals surface area contributed by atoms with Crippen LogP contribution in [0.3, 0.4) is 0 Å². The Bertz CT molecular complexity index is 586. The van der Waals surface area contributed by atoms with E-state index in [2.05, 4.69) is 27.9 Å². The van der Waals surface area contributed by atoms with Gasteiger partial charge in [0.2, 0.25) is 0 Å². The first-order chi connectivity index (χ1) is 12.6. The van der Waals surface area contributed by atoms with Crippen LogP contribution in [0.2, 0.25) is 0 Å². The molecule has 1 aromatic rings. The lowest BCUT2D eigenvalue weighted by molar-refractivity contribution is 0.213. The molecule has 0 saturated heterocycles. The van der Waals surface area contributed by atoms with Crippen molar-refractivity contribution < 1.29 is 14.3 Å². The van der Waals surface area contributed by atoms with Crippen LogP contribution in [0.1, 0.15) is 25.0 Å². The highest BCUT2D eigenvalue weighted by Crippen LogP contribution is 2.28. The molecule has 0 saturated carbocycles. The van der Waals surface area contributed by atoms with E-state index in [1.807, 2.05) is 51.1 Å². The van der Waals surface area contributed by atoms with E-state index in [1.54, 1.807) is 13.3 Å². The van der Waals surface area contributed by atoms with Crippen LogP contribution in [-0.2, 0) is 4.84 Å². The van der Waals surface area contributed by atoms with Crippen LogP contribution in [0, 0.1) is 13.8 Å². The van der Waals surface area contributed by atoms with Crippen molar-refractivity contribution in [1.29, 1.82) is 0 Å². The maximum Gasteiger partial charge on any atom is 0.125 e. The normalized spacial score (nSPS) is 11.9. The summed E-state index contributed by atoms with van der Waals surface area (Å²) in [6.45, 7) is 11.9. The van der Waals surface area contributed by atoms with E-state index in [4.69, 9.17) is 9.47 Å². The molecule has 0 fully saturated rings. The van der Waals surface area contributed by atoms with E-state index in [0.29, 0.717) is 13.2 Å². The van der Waals surface area contributed by atoms with Crippen LogP contribution in [0.15, 0.2) is 41.6 Å². The Morgan fingerprint density at radius 1 is 1.00 bits per heavy atom. The molecule has 0 amide bonds. The monoisotopic (exact) mass is 360 g/mol. The first-order valence-electron chi connectivity index (χ1n) is 9.02. The molecule has 0 aliphatic heterocycles. The highest BCUT2D eigenvalue weighted by Gasteiger charge is 2.06. The predicted octanol–water partition coefficient (Wildman–Crippen LogP) is 4.15. The van der Waals surface area contributed by atoms with Crippen molar-refractivity contribution in [3.05, 3.63) is 47.6 Å². The third-order valence-electron chi connectivity index (χ3n) is 3.84. The Morgan fingerprint density at radius 3 is 2.31 bits per heavy atom. The van der Waals surface area contributed by atoms with Gasteiger partial charge >= 0.3 is 0 Å². The second-order valence-corrected chi connectivity index (χ2v) is 5.87. The van der Waals surface area contributed by atoms with Crippen molar-refractivity contribution in [1.82, 2.24) is 4.90 Å². The lowest BCUT2D eigenvalue weighted by atomic mass is 10.1. The number of oxime groups is 1. The number of likely N-dealkylation sites (N-methyl/N-ethyl adjacent to an activating group) is 1. The van der Waals surface area contributed by atoms with Gasteiger partial charge in [-0.05, 0) is 50.6 Å². The minimum absolute atomic E-state index is 0.546. The summed E-state index contributed by atoms with van der Waals surface area (Å²) in [5.41, 5.74) is 2.17. The maximum atomic E-state index is 5.94. The lowest BCUT2D eigenvalue weighted by Crippen LogP contribution is -2.25. The highest BCUT2D eigenvalue weighted by molar-refractivity contribution is 5.58. The number of nitrogens with zero attached hydrogens (tertiary/aromatic N) is 2. The first kappa shape index (κ1) is 21.8. The Kier molecular flexibility index (Phi) is 10.9. The number of allylic oxidation sites excluding steroid dienone is 1. The molecule has 0 aliphatic carbocycles. The maximum absolute atomic E-state index is 5.94. The third-order valence-corrected chi connectivity index (χ3v) is 3.84. The SMILES string of the molecule is C/C=C/COc1cc(C)c(OC/C=C/CN(CC)C/C=N/OC)c(C)c1. The van der Waals surface area contributed by atoms with Crippen LogP contribution < -0.4 is 9.47 Å². The van der Waals surface area contributed by atoms with Crippen molar-refractivity contribution >= 4 is 6.21 Å². The number of rotatable bonds is 12. The van der Waals surface area contributed by atoms with Gasteiger partial charge in [-0.3, -0.25) is 4.90 Å². The number of aryl methyl sites for hydroxylation is 2. The van der Waals surface area contributed by atoms with Crippen LogP contribution >= 0.6 is 0 Å². The van der Waals surface area contributed by atoms with Gasteiger partial charge in [0.05, 0.1) is 6.21 Å². The van der Waals surface area contributed by atoms with E-state index >= 15 is 0 Å². The van der Waals surface area contributed by atoms with Gasteiger partial charge in [-0.1, -0.05) is 36.4 Å². The minimum atomic E-state index is 0.546. The molecule has 5 nitrogen and oxygen atoms in total. The predicted molar refractivity (Wildman–Crippen MR) is 108 cm³/mol. The van der Waals surface area contributed by atoms with Gasteiger partial charge in [-0.2, -0.15) is 0 Å². The van der Waals surface area contributed by atoms with E-state index in [1.165, 1.54) is 0 Å². The quantitative estimate of drug-likeness (QED) is 0.319. The molecule has 0 heterocycles. The molecule has 144 valence electrons. The molecule has 0 spiro atoms. The van der Waals surface area contributed by atoms with E-state index in [-0.39, 0.29) is 0 Å². The van der Waals surface area contributed by atoms with Gasteiger partial charge in [-0.15, -0.1) is 0 Å². The zero-order chi connectivity index (χ0) is 19.2. The first-order valence-corrected chi connectivity index (χ1v) is 9.02. The Labute approximate surface area is 157 Å². The fourth-order valence-corrected chi connectivity index (χ4v) is 2.44. The van der Waals surface area contributed by atoms with Crippen molar-refractivity contribution in [3.8, 4) is 11.5 Å². The van der Waals surface area contributed by atoms with Crippen molar-refractivity contribution in [2.75, 3.05) is 40.0 Å². The molecule has 0 atom stereocenters. The van der Waals surface area contributed by atoms with Gasteiger partial charge < -0.3 is 14.3 Å². The Balaban J connectivity index is 2.50. The van der Waals surface area contributed by atoms with Crippen molar-refractivity contribution in [2.24, 2.45) is 5.16 Å². The zero-order valence-corrected chi connectivity index (χ0v) is 16.7. The van der Waals surface area contributed by atoms with Crippen LogP contribution in [0.25, 0.3) is 0 Å². The Morgan fingerprint density at radius 2 is 1.69 bits per heavy atom. The number of ether oxygens (including phenoxy) is 2. The molecule has 0 radical (unpaired) electrons. The molecule has 1 rings (SSSR count). The summed E-state index contributed by atoms with van der Waals surface area (Å²) < 4.78 is 11.6. The fraction of sp³-hybridized carbons (Fsp3) is 0.476. The summed E-state index contributed by atoms with van der Waals surface area (Å²) >= 11 is 0. The van der Waals surface area contributed by atoms with Crippen LogP contribution in [-0.4, -0.2) is 51.1 Å². The summed E-state index contributed by atoms with van der Waals surface area (Å²) in [5.74, 6) is 1.80. The Hall–Kier alpha value is -2.27. The van der Waals surface area contributed by atoms with Gasteiger partial charge in [-0.25, -0.2) is 0 Å². The smallest absolute Gasteiger partial charge is 0.125 e. The second-order valence-electron chi connectivity index (χ2n) is 5.87. The summed E-state index contributed by atoms with van der Waals surface area (Å²) in [6.07, 6.45) is 9.89. The molecule has 1 aromatic carbocycles. The van der Waals surface area contributed by atoms with Crippen LogP contribution in [0.4, 0.5) is 0 Å². The molecule has 0 bridgehead atoms. The number of benzene rings is 1. The third kappa shape index (κ3) is 8.21. The van der Waals surface area contributed by atoms with Gasteiger partial charge in [0.25, 0.3) is 0 Å². The summed E-state index contributed by atoms with van der Waals surface area (Å²) in [5, 5.41) is 3.76. The summed E-state index contributed by atoms with van der Waals surface area (Å²) in [6, 6.07) is 4.03. The van der Waals surface area contributed by atoms with Gasteiger partial charge in [0.1, 0.15) is 31.8 Å². The van der Waals surface area contributed by atoms with Gasteiger partial charge in [0, 0.05) is 13.1 Å². The van der Waals surface area contributed by atoms with Gasteiger partial charge in [0.15, 0.2) is 0 Å². The molecule has 0 unspecified atom stereocenters. The van der Waals surface area contributed by atoms with Crippen LogP contribution in [0.5, 0.6) is 11.5 Å². The number of hydrogen-bond acceptors (Lipinski definition) is 5. The average Bonchev–Trinajstić information content (AvgIpc) is 2.62. The molecule has 5 heteroatoms. The van der Waals surface area contributed by atoms with Crippen molar-refractivity contribution in [2.45, 2.75) is 27.7 Å². The lowest BCUT2D eigenvalue weighted by Gasteiger charge is -2.15. The molecule has 0 N–H and O–H groups in total. The minimum Gasteiger partial charge on any atom is -0.490 e. The largest absolute Gasteiger partial charge is 0.490 e. The fourth-order valence-electron chi connectivity index (χ4n) is 2.44.